The standard InChI is InChI=1S/C19H19ClN4O/c1-22-9-11-23(12-10-22)17-4-2-3-16-18(17)21-13-24(19(16)25)15-7-5-14(20)6-8-15/h2-8,13H,9-12H2,1H3. The number of piperazine rings is 1. The number of hydrogen-bond acceptors (Lipinski definition) is 4. The second-order valence-corrected chi connectivity index (χ2v) is 6.80. The van der Waals surface area contributed by atoms with Gasteiger partial charge in [-0.05, 0) is 43.4 Å². The van der Waals surface area contributed by atoms with Gasteiger partial charge in [-0.15, -0.1) is 0 Å². The maximum atomic E-state index is 13.0. The van der Waals surface area contributed by atoms with Gasteiger partial charge in [-0.25, -0.2) is 4.98 Å². The van der Waals surface area contributed by atoms with E-state index in [4.69, 9.17) is 11.6 Å². The van der Waals surface area contributed by atoms with Crippen LogP contribution in [0.25, 0.3) is 16.6 Å². The number of rotatable bonds is 2. The number of hydrogen-bond donors (Lipinski definition) is 0. The summed E-state index contributed by atoms with van der Waals surface area (Å²) in [6.07, 6.45) is 1.60. The monoisotopic (exact) mass is 354 g/mol. The summed E-state index contributed by atoms with van der Waals surface area (Å²) in [6.45, 7) is 3.91. The van der Waals surface area contributed by atoms with Gasteiger partial charge in [-0.3, -0.25) is 9.36 Å². The van der Waals surface area contributed by atoms with E-state index in [1.807, 2.05) is 30.3 Å². The Morgan fingerprint density at radius 3 is 2.44 bits per heavy atom. The van der Waals surface area contributed by atoms with E-state index in [0.717, 1.165) is 43.1 Å². The van der Waals surface area contributed by atoms with Crippen molar-refractivity contribution in [2.45, 2.75) is 0 Å². The van der Waals surface area contributed by atoms with Gasteiger partial charge in [0.25, 0.3) is 5.56 Å². The zero-order chi connectivity index (χ0) is 17.4. The summed E-state index contributed by atoms with van der Waals surface area (Å²) in [4.78, 5) is 22.2. The molecule has 0 radical (unpaired) electrons. The zero-order valence-electron chi connectivity index (χ0n) is 14.0. The lowest BCUT2D eigenvalue weighted by atomic mass is 10.1. The fraction of sp³-hybridized carbons (Fsp3) is 0.263. The average Bonchev–Trinajstić information content (AvgIpc) is 2.63. The van der Waals surface area contributed by atoms with Crippen LogP contribution in [0.2, 0.25) is 5.02 Å². The summed E-state index contributed by atoms with van der Waals surface area (Å²) in [7, 11) is 2.13. The van der Waals surface area contributed by atoms with Crippen molar-refractivity contribution in [3.63, 3.8) is 0 Å². The Bertz CT molecular complexity index is 959. The van der Waals surface area contributed by atoms with Crippen LogP contribution < -0.4 is 10.5 Å². The van der Waals surface area contributed by atoms with E-state index in [1.165, 1.54) is 0 Å². The first kappa shape index (κ1) is 16.1. The number of likely N-dealkylation sites (N-methyl/N-ethyl adjacent to an activating group) is 1. The molecular weight excluding hydrogens is 336 g/mol. The molecule has 1 fully saturated rings. The van der Waals surface area contributed by atoms with Crippen molar-refractivity contribution in [3.05, 3.63) is 64.2 Å². The molecule has 0 aliphatic carbocycles. The third-order valence-corrected chi connectivity index (χ3v) is 4.97. The van der Waals surface area contributed by atoms with Crippen LogP contribution in [0.4, 0.5) is 5.69 Å². The topological polar surface area (TPSA) is 41.4 Å². The molecule has 128 valence electrons. The van der Waals surface area contributed by atoms with Crippen molar-refractivity contribution >= 4 is 28.2 Å². The molecule has 5 nitrogen and oxygen atoms in total. The summed E-state index contributed by atoms with van der Waals surface area (Å²) < 4.78 is 1.56. The van der Waals surface area contributed by atoms with E-state index in [-0.39, 0.29) is 5.56 Å². The minimum Gasteiger partial charge on any atom is -0.367 e. The predicted molar refractivity (Wildman–Crippen MR) is 102 cm³/mol. The van der Waals surface area contributed by atoms with Crippen molar-refractivity contribution in [1.29, 1.82) is 0 Å². The van der Waals surface area contributed by atoms with Gasteiger partial charge in [-0.2, -0.15) is 0 Å². The van der Waals surface area contributed by atoms with Crippen LogP contribution in [-0.2, 0) is 0 Å². The Morgan fingerprint density at radius 1 is 1.00 bits per heavy atom. The molecule has 3 aromatic rings. The third-order valence-electron chi connectivity index (χ3n) is 4.71. The zero-order valence-corrected chi connectivity index (χ0v) is 14.8. The summed E-state index contributed by atoms with van der Waals surface area (Å²) in [6, 6.07) is 13.0. The van der Waals surface area contributed by atoms with E-state index in [0.29, 0.717) is 10.4 Å². The van der Waals surface area contributed by atoms with Gasteiger partial charge in [0.2, 0.25) is 0 Å². The highest BCUT2D eigenvalue weighted by Crippen LogP contribution is 2.24. The Hall–Kier alpha value is -2.37. The Balaban J connectivity index is 1.80. The number of anilines is 1. The van der Waals surface area contributed by atoms with Gasteiger partial charge in [0.1, 0.15) is 11.8 Å². The van der Waals surface area contributed by atoms with Crippen molar-refractivity contribution in [2.24, 2.45) is 0 Å². The van der Waals surface area contributed by atoms with Crippen LogP contribution in [0.15, 0.2) is 53.6 Å². The highest BCUT2D eigenvalue weighted by Gasteiger charge is 2.18. The highest BCUT2D eigenvalue weighted by atomic mass is 35.5. The molecule has 0 amide bonds. The normalized spacial score (nSPS) is 15.7. The lowest BCUT2D eigenvalue weighted by Gasteiger charge is -2.34. The van der Waals surface area contributed by atoms with E-state index in [1.54, 1.807) is 23.0 Å². The van der Waals surface area contributed by atoms with E-state index >= 15 is 0 Å². The Labute approximate surface area is 151 Å². The molecule has 1 saturated heterocycles. The van der Waals surface area contributed by atoms with Gasteiger partial charge in [-0.1, -0.05) is 17.7 Å². The van der Waals surface area contributed by atoms with Crippen LogP contribution >= 0.6 is 11.6 Å². The number of benzene rings is 2. The molecule has 0 N–H and O–H groups in total. The van der Waals surface area contributed by atoms with Crippen LogP contribution in [0.5, 0.6) is 0 Å². The second-order valence-electron chi connectivity index (χ2n) is 6.36. The second kappa shape index (κ2) is 6.50. The number of nitrogens with zero attached hydrogens (tertiary/aromatic N) is 4. The van der Waals surface area contributed by atoms with Crippen LogP contribution in [0.3, 0.4) is 0 Å². The molecule has 0 saturated carbocycles. The maximum Gasteiger partial charge on any atom is 0.265 e. The number of halogens is 1. The molecule has 2 heterocycles. The first-order valence-corrected chi connectivity index (χ1v) is 8.71. The van der Waals surface area contributed by atoms with E-state index in [2.05, 4.69) is 21.8 Å². The summed E-state index contributed by atoms with van der Waals surface area (Å²) in [5.41, 5.74) is 2.49. The van der Waals surface area contributed by atoms with Crippen LogP contribution in [0, 0.1) is 0 Å². The molecule has 0 spiro atoms. The number of para-hydroxylation sites is 1. The number of aromatic nitrogens is 2. The molecule has 1 aromatic heterocycles. The van der Waals surface area contributed by atoms with Crippen molar-refractivity contribution in [3.8, 4) is 5.69 Å². The molecule has 0 bridgehead atoms. The third kappa shape index (κ3) is 3.01. The van der Waals surface area contributed by atoms with Gasteiger partial charge < -0.3 is 9.80 Å². The molecule has 2 aromatic carbocycles. The molecular formula is C19H19ClN4O. The molecule has 6 heteroatoms. The molecule has 4 rings (SSSR count). The first-order chi connectivity index (χ1) is 12.1. The van der Waals surface area contributed by atoms with E-state index < -0.39 is 0 Å². The SMILES string of the molecule is CN1CCN(c2cccc3c(=O)n(-c4ccc(Cl)cc4)cnc23)CC1. The minimum atomic E-state index is -0.0664. The molecule has 25 heavy (non-hydrogen) atoms. The Morgan fingerprint density at radius 2 is 1.72 bits per heavy atom. The fourth-order valence-electron chi connectivity index (χ4n) is 3.23. The summed E-state index contributed by atoms with van der Waals surface area (Å²) >= 11 is 5.94. The molecule has 1 aliphatic rings. The van der Waals surface area contributed by atoms with Crippen molar-refractivity contribution in [2.75, 3.05) is 38.1 Å². The predicted octanol–water partition coefficient (Wildman–Crippen LogP) is 2.79. The summed E-state index contributed by atoms with van der Waals surface area (Å²) in [5.74, 6) is 0. The first-order valence-electron chi connectivity index (χ1n) is 8.33. The quantitative estimate of drug-likeness (QED) is 0.709. The lowest BCUT2D eigenvalue weighted by Crippen LogP contribution is -2.44. The van der Waals surface area contributed by atoms with Gasteiger partial charge in [0, 0.05) is 31.2 Å². The van der Waals surface area contributed by atoms with E-state index in [9.17, 15) is 4.79 Å². The van der Waals surface area contributed by atoms with Gasteiger partial charge in [0.05, 0.1) is 16.8 Å². The highest BCUT2D eigenvalue weighted by molar-refractivity contribution is 6.30. The van der Waals surface area contributed by atoms with Crippen LogP contribution in [-0.4, -0.2) is 47.7 Å². The molecule has 0 unspecified atom stereocenters. The molecule has 1 aliphatic heterocycles. The average molecular weight is 355 g/mol. The number of fused-ring (bicyclic) bond motifs is 1. The van der Waals surface area contributed by atoms with Gasteiger partial charge in [0.15, 0.2) is 0 Å². The summed E-state index contributed by atoms with van der Waals surface area (Å²) in [5, 5.41) is 1.27. The Kier molecular flexibility index (Phi) is 4.19. The molecule has 0 atom stereocenters. The smallest absolute Gasteiger partial charge is 0.265 e. The largest absolute Gasteiger partial charge is 0.367 e. The van der Waals surface area contributed by atoms with Crippen LogP contribution in [0.1, 0.15) is 0 Å². The minimum absolute atomic E-state index is 0.0664. The lowest BCUT2D eigenvalue weighted by molar-refractivity contribution is 0.313. The van der Waals surface area contributed by atoms with Gasteiger partial charge >= 0.3 is 0 Å². The maximum absolute atomic E-state index is 13.0. The van der Waals surface area contributed by atoms with Crippen molar-refractivity contribution < 1.29 is 0 Å². The van der Waals surface area contributed by atoms with Crippen molar-refractivity contribution in [1.82, 2.24) is 14.5 Å². The fourth-order valence-corrected chi connectivity index (χ4v) is 3.35.